The highest BCUT2D eigenvalue weighted by atomic mass is 19.1. The number of anilines is 1. The molecule has 2 nitrogen and oxygen atoms in total. The Balaban J connectivity index is 1.67. The quantitative estimate of drug-likeness (QED) is 0.901. The monoisotopic (exact) mass is 262 g/mol. The van der Waals surface area contributed by atoms with E-state index in [1.54, 1.807) is 12.1 Å². The van der Waals surface area contributed by atoms with Crippen LogP contribution in [-0.2, 0) is 6.42 Å². The highest BCUT2D eigenvalue weighted by Crippen LogP contribution is 2.30. The lowest BCUT2D eigenvalue weighted by Gasteiger charge is -2.33. The minimum atomic E-state index is -0.117. The predicted molar refractivity (Wildman–Crippen MR) is 77.1 cm³/mol. The van der Waals surface area contributed by atoms with Crippen molar-refractivity contribution in [2.45, 2.75) is 38.6 Å². The van der Waals surface area contributed by atoms with Gasteiger partial charge in [0.1, 0.15) is 5.82 Å². The van der Waals surface area contributed by atoms with Crippen molar-refractivity contribution in [2.75, 3.05) is 24.5 Å². The van der Waals surface area contributed by atoms with Crippen LogP contribution in [0.3, 0.4) is 0 Å². The summed E-state index contributed by atoms with van der Waals surface area (Å²) >= 11 is 0. The summed E-state index contributed by atoms with van der Waals surface area (Å²) in [4.78, 5) is 2.36. The fraction of sp³-hybridized carbons (Fsp3) is 0.625. The Kier molecular flexibility index (Phi) is 3.74. The molecule has 1 aromatic rings. The average molecular weight is 262 g/mol. The first kappa shape index (κ1) is 12.9. The molecule has 3 heteroatoms. The SMILES string of the molecule is CCC1CCNC(CN2CCc3ccc(F)cc32)C1. The molecule has 0 saturated carbocycles. The van der Waals surface area contributed by atoms with E-state index in [1.165, 1.54) is 24.8 Å². The molecule has 1 N–H and O–H groups in total. The van der Waals surface area contributed by atoms with Gasteiger partial charge in [-0.1, -0.05) is 19.4 Å². The third-order valence-corrected chi connectivity index (χ3v) is 4.66. The summed E-state index contributed by atoms with van der Waals surface area (Å²) < 4.78 is 13.4. The van der Waals surface area contributed by atoms with Gasteiger partial charge in [0.15, 0.2) is 0 Å². The van der Waals surface area contributed by atoms with Crippen LogP contribution in [0.1, 0.15) is 31.7 Å². The van der Waals surface area contributed by atoms with E-state index in [0.29, 0.717) is 6.04 Å². The van der Waals surface area contributed by atoms with Crippen molar-refractivity contribution in [1.82, 2.24) is 5.32 Å². The van der Waals surface area contributed by atoms with Crippen LogP contribution in [0.4, 0.5) is 10.1 Å². The van der Waals surface area contributed by atoms with Gasteiger partial charge in [-0.05, 0) is 49.4 Å². The Hall–Kier alpha value is -1.09. The Bertz CT molecular complexity index is 446. The van der Waals surface area contributed by atoms with Crippen molar-refractivity contribution < 1.29 is 4.39 Å². The summed E-state index contributed by atoms with van der Waals surface area (Å²) in [7, 11) is 0. The Morgan fingerprint density at radius 2 is 2.32 bits per heavy atom. The molecule has 0 aliphatic carbocycles. The molecule has 0 spiro atoms. The molecule has 0 aromatic heterocycles. The van der Waals surface area contributed by atoms with Gasteiger partial charge in [-0.3, -0.25) is 0 Å². The maximum Gasteiger partial charge on any atom is 0.125 e. The minimum absolute atomic E-state index is 0.117. The van der Waals surface area contributed by atoms with Crippen LogP contribution in [0.5, 0.6) is 0 Å². The number of rotatable bonds is 3. The van der Waals surface area contributed by atoms with Gasteiger partial charge in [-0.2, -0.15) is 0 Å². The summed E-state index contributed by atoms with van der Waals surface area (Å²) in [5.74, 6) is 0.745. The van der Waals surface area contributed by atoms with E-state index < -0.39 is 0 Å². The fourth-order valence-corrected chi connectivity index (χ4v) is 3.48. The molecule has 2 atom stereocenters. The summed E-state index contributed by atoms with van der Waals surface area (Å²) in [6, 6.07) is 5.78. The van der Waals surface area contributed by atoms with Gasteiger partial charge in [0.25, 0.3) is 0 Å². The van der Waals surface area contributed by atoms with E-state index in [9.17, 15) is 4.39 Å². The molecule has 2 unspecified atom stereocenters. The molecule has 19 heavy (non-hydrogen) atoms. The predicted octanol–water partition coefficient (Wildman–Crippen LogP) is 2.97. The topological polar surface area (TPSA) is 15.3 Å². The fourth-order valence-electron chi connectivity index (χ4n) is 3.48. The molecule has 3 rings (SSSR count). The highest BCUT2D eigenvalue weighted by Gasteiger charge is 2.26. The Labute approximate surface area is 115 Å². The molecule has 2 aliphatic rings. The number of benzene rings is 1. The largest absolute Gasteiger partial charge is 0.369 e. The van der Waals surface area contributed by atoms with Crippen molar-refractivity contribution in [3.8, 4) is 0 Å². The van der Waals surface area contributed by atoms with E-state index in [1.807, 2.05) is 6.07 Å². The van der Waals surface area contributed by atoms with Gasteiger partial charge in [0.05, 0.1) is 0 Å². The molecule has 1 saturated heterocycles. The molecular weight excluding hydrogens is 239 g/mol. The van der Waals surface area contributed by atoms with Gasteiger partial charge in [-0.15, -0.1) is 0 Å². The molecule has 1 fully saturated rings. The number of hydrogen-bond acceptors (Lipinski definition) is 2. The van der Waals surface area contributed by atoms with Gasteiger partial charge >= 0.3 is 0 Å². The van der Waals surface area contributed by atoms with E-state index in [-0.39, 0.29) is 5.82 Å². The van der Waals surface area contributed by atoms with Crippen molar-refractivity contribution in [2.24, 2.45) is 5.92 Å². The lowest BCUT2D eigenvalue weighted by Crippen LogP contribution is -2.45. The third-order valence-electron chi connectivity index (χ3n) is 4.66. The lowest BCUT2D eigenvalue weighted by atomic mass is 9.90. The zero-order valence-corrected chi connectivity index (χ0v) is 11.7. The summed E-state index contributed by atoms with van der Waals surface area (Å²) in [6.45, 7) is 5.47. The van der Waals surface area contributed by atoms with Crippen LogP contribution in [0, 0.1) is 11.7 Å². The average Bonchev–Trinajstić information content (AvgIpc) is 2.81. The first-order chi connectivity index (χ1) is 9.26. The first-order valence-electron chi connectivity index (χ1n) is 7.53. The first-order valence-corrected chi connectivity index (χ1v) is 7.53. The molecule has 104 valence electrons. The number of nitrogens with one attached hydrogen (secondary N) is 1. The standard InChI is InChI=1S/C16H23FN2/c1-2-12-5-7-18-15(9-12)11-19-8-6-13-3-4-14(17)10-16(13)19/h3-4,10,12,15,18H,2,5-9,11H2,1H3. The van der Waals surface area contributed by atoms with E-state index >= 15 is 0 Å². The van der Waals surface area contributed by atoms with Crippen LogP contribution < -0.4 is 10.2 Å². The second kappa shape index (κ2) is 5.49. The Morgan fingerprint density at radius 3 is 3.16 bits per heavy atom. The van der Waals surface area contributed by atoms with Crippen molar-refractivity contribution in [3.05, 3.63) is 29.6 Å². The van der Waals surface area contributed by atoms with Crippen molar-refractivity contribution >= 4 is 5.69 Å². The third kappa shape index (κ3) is 2.76. The van der Waals surface area contributed by atoms with E-state index in [0.717, 1.165) is 37.7 Å². The number of fused-ring (bicyclic) bond motifs is 1. The Morgan fingerprint density at radius 1 is 1.42 bits per heavy atom. The zero-order chi connectivity index (χ0) is 13.2. The maximum absolute atomic E-state index is 13.4. The van der Waals surface area contributed by atoms with Crippen molar-refractivity contribution in [3.63, 3.8) is 0 Å². The van der Waals surface area contributed by atoms with Gasteiger partial charge in [0.2, 0.25) is 0 Å². The minimum Gasteiger partial charge on any atom is -0.369 e. The maximum atomic E-state index is 13.4. The number of halogens is 1. The lowest BCUT2D eigenvalue weighted by molar-refractivity contribution is 0.296. The summed E-state index contributed by atoms with van der Waals surface area (Å²) in [5, 5.41) is 3.62. The second-order valence-electron chi connectivity index (χ2n) is 5.92. The van der Waals surface area contributed by atoms with Crippen molar-refractivity contribution in [1.29, 1.82) is 0 Å². The highest BCUT2D eigenvalue weighted by molar-refractivity contribution is 5.58. The number of nitrogens with zero attached hydrogens (tertiary/aromatic N) is 1. The second-order valence-corrected chi connectivity index (χ2v) is 5.92. The van der Waals surface area contributed by atoms with E-state index in [4.69, 9.17) is 0 Å². The normalized spacial score (nSPS) is 26.5. The molecule has 2 heterocycles. The molecular formula is C16H23FN2. The van der Waals surface area contributed by atoms with Crippen LogP contribution in [-0.4, -0.2) is 25.7 Å². The van der Waals surface area contributed by atoms with Crippen LogP contribution in [0.15, 0.2) is 18.2 Å². The molecule has 1 aromatic carbocycles. The van der Waals surface area contributed by atoms with E-state index in [2.05, 4.69) is 17.1 Å². The zero-order valence-electron chi connectivity index (χ0n) is 11.7. The molecule has 2 aliphatic heterocycles. The smallest absolute Gasteiger partial charge is 0.125 e. The molecule has 0 amide bonds. The van der Waals surface area contributed by atoms with Gasteiger partial charge in [-0.25, -0.2) is 4.39 Å². The van der Waals surface area contributed by atoms with Crippen LogP contribution in [0.2, 0.25) is 0 Å². The molecule has 0 radical (unpaired) electrons. The van der Waals surface area contributed by atoms with Crippen LogP contribution in [0.25, 0.3) is 0 Å². The van der Waals surface area contributed by atoms with Gasteiger partial charge < -0.3 is 10.2 Å². The van der Waals surface area contributed by atoms with Crippen LogP contribution >= 0.6 is 0 Å². The molecule has 0 bridgehead atoms. The summed E-state index contributed by atoms with van der Waals surface area (Å²) in [5.41, 5.74) is 2.41. The van der Waals surface area contributed by atoms with Gasteiger partial charge in [0, 0.05) is 24.8 Å². The number of piperidine rings is 1. The summed E-state index contributed by atoms with van der Waals surface area (Å²) in [6.07, 6.45) is 4.90. The number of hydrogen-bond donors (Lipinski definition) is 1.